The molecule has 76 valence electrons. The topological polar surface area (TPSA) is 26.0 Å². The van der Waals surface area contributed by atoms with Crippen LogP contribution in [-0.4, -0.2) is 6.26 Å². The van der Waals surface area contributed by atoms with Crippen molar-refractivity contribution in [1.82, 2.24) is 0 Å². The Morgan fingerprint density at radius 3 is 2.00 bits per heavy atom. The number of benzene rings is 1. The highest BCUT2D eigenvalue weighted by Crippen LogP contribution is 2.10. The fraction of sp³-hybridized carbons (Fsp3) is 0.400. The lowest BCUT2D eigenvalue weighted by atomic mass is 10.2. The lowest BCUT2D eigenvalue weighted by Crippen LogP contribution is -1.89. The number of thiol groups is 1. The first-order valence-electron chi connectivity index (χ1n) is 4.16. The Morgan fingerprint density at radius 2 is 1.69 bits per heavy atom. The third kappa shape index (κ3) is 6.46. The normalized spacial score (nSPS) is 7.54. The largest absolute Gasteiger partial charge is 0.396 e. The van der Waals surface area contributed by atoms with E-state index < -0.39 is 0 Å². The van der Waals surface area contributed by atoms with Gasteiger partial charge in [-0.3, -0.25) is 0 Å². The van der Waals surface area contributed by atoms with Gasteiger partial charge in [0.15, 0.2) is 0 Å². The van der Waals surface area contributed by atoms with Gasteiger partial charge in [0.2, 0.25) is 0 Å². The Hall–Kier alpha value is -0.700. The van der Waals surface area contributed by atoms with Gasteiger partial charge in [-0.2, -0.15) is 12.6 Å². The fourth-order valence-electron chi connectivity index (χ4n) is 0.632. The summed E-state index contributed by atoms with van der Waals surface area (Å²) in [6.07, 6.45) is 1.69. The molecular weight excluding hydrogens is 185 g/mol. The lowest BCUT2D eigenvalue weighted by molar-refractivity contribution is 0.631. The molecule has 1 rings (SSSR count). The average Bonchev–Trinajstić information content (AvgIpc) is 2.18. The Labute approximate surface area is 85.6 Å². The minimum absolute atomic E-state index is 0.209. The van der Waals surface area contributed by atoms with Crippen molar-refractivity contribution in [2.75, 3.05) is 12.0 Å². The molecule has 1 nitrogen and oxygen atoms in total. The summed E-state index contributed by atoms with van der Waals surface area (Å²) in [4.78, 5) is 0. The van der Waals surface area contributed by atoms with E-state index in [1.807, 2.05) is 20.8 Å². The molecule has 1 aromatic carbocycles. The second-order valence-electron chi connectivity index (χ2n) is 2.02. The van der Waals surface area contributed by atoms with Crippen molar-refractivity contribution in [3.8, 4) is 0 Å². The minimum atomic E-state index is -0.338. The Morgan fingerprint density at radius 1 is 1.23 bits per heavy atom. The molecule has 3 heteroatoms. The second kappa shape index (κ2) is 9.39. The van der Waals surface area contributed by atoms with Gasteiger partial charge in [0, 0.05) is 0 Å². The van der Waals surface area contributed by atoms with E-state index in [0.717, 1.165) is 5.56 Å². The first-order chi connectivity index (χ1) is 6.20. The summed E-state index contributed by atoms with van der Waals surface area (Å²) in [6.45, 7) is 5.82. The minimum Gasteiger partial charge on any atom is -0.396 e. The van der Waals surface area contributed by atoms with Crippen LogP contribution in [0, 0.1) is 12.7 Å². The molecule has 0 bridgehead atoms. The van der Waals surface area contributed by atoms with Crippen LogP contribution in [0.5, 0.6) is 0 Å². The summed E-state index contributed by atoms with van der Waals surface area (Å²) in [6, 6.07) is 4.75. The zero-order valence-electron chi connectivity index (χ0n) is 8.63. The molecule has 0 spiro atoms. The Kier molecular flexibility index (Phi) is 10.7. The van der Waals surface area contributed by atoms with Crippen LogP contribution in [0.1, 0.15) is 19.4 Å². The highest BCUT2D eigenvalue weighted by atomic mass is 32.1. The van der Waals surface area contributed by atoms with Crippen molar-refractivity contribution in [2.24, 2.45) is 0 Å². The molecule has 0 saturated heterocycles. The van der Waals surface area contributed by atoms with E-state index in [9.17, 15) is 4.39 Å². The molecule has 0 aromatic heterocycles. The first-order valence-corrected chi connectivity index (χ1v) is 5.06. The van der Waals surface area contributed by atoms with E-state index in [0.29, 0.717) is 0 Å². The Bertz CT molecular complexity index is 226. The monoisotopic (exact) mass is 203 g/mol. The van der Waals surface area contributed by atoms with Gasteiger partial charge in [-0.25, -0.2) is 4.39 Å². The molecule has 0 fully saturated rings. The van der Waals surface area contributed by atoms with Crippen LogP contribution in [0.4, 0.5) is 10.1 Å². The molecule has 0 heterocycles. The van der Waals surface area contributed by atoms with Crippen molar-refractivity contribution < 1.29 is 4.39 Å². The lowest BCUT2D eigenvalue weighted by Gasteiger charge is -1.94. The van der Waals surface area contributed by atoms with E-state index in [-0.39, 0.29) is 11.5 Å². The molecule has 0 aliphatic carbocycles. The number of aryl methyl sites for hydroxylation is 1. The molecule has 0 amide bonds. The Balaban J connectivity index is 0. The van der Waals surface area contributed by atoms with E-state index in [1.54, 1.807) is 18.4 Å². The van der Waals surface area contributed by atoms with Gasteiger partial charge in [-0.1, -0.05) is 19.9 Å². The summed E-state index contributed by atoms with van der Waals surface area (Å²) in [5.41, 5.74) is 6.31. The molecule has 13 heavy (non-hydrogen) atoms. The zero-order chi connectivity index (χ0) is 10.9. The van der Waals surface area contributed by atoms with Crippen LogP contribution in [0.2, 0.25) is 0 Å². The standard InChI is InChI=1S/C7H8FN.C2H6.CH4S/c1-5-2-3-7(9)6(8)4-5;2*1-2/h2-4H,9H2,1H3;1-2H3;2H,1H3. The van der Waals surface area contributed by atoms with Gasteiger partial charge >= 0.3 is 0 Å². The fourth-order valence-corrected chi connectivity index (χ4v) is 0.632. The molecule has 0 unspecified atom stereocenters. The first kappa shape index (κ1) is 14.8. The summed E-state index contributed by atoms with van der Waals surface area (Å²) in [7, 11) is 0. The van der Waals surface area contributed by atoms with Crippen LogP contribution >= 0.6 is 12.6 Å². The third-order valence-corrected chi connectivity index (χ3v) is 1.16. The molecule has 0 aliphatic heterocycles. The summed E-state index contributed by atoms with van der Waals surface area (Å²) in [5.74, 6) is -0.338. The number of hydrogen-bond acceptors (Lipinski definition) is 2. The number of anilines is 1. The zero-order valence-corrected chi connectivity index (χ0v) is 9.53. The van der Waals surface area contributed by atoms with Crippen LogP contribution < -0.4 is 5.73 Å². The van der Waals surface area contributed by atoms with Crippen molar-refractivity contribution in [1.29, 1.82) is 0 Å². The van der Waals surface area contributed by atoms with Gasteiger partial charge in [-0.15, -0.1) is 0 Å². The number of halogens is 1. The summed E-state index contributed by atoms with van der Waals surface area (Å²) >= 11 is 3.53. The van der Waals surface area contributed by atoms with Gasteiger partial charge in [0.1, 0.15) is 5.82 Å². The molecule has 0 aliphatic rings. The predicted octanol–water partition coefficient (Wildman–Crippen LogP) is 3.29. The van der Waals surface area contributed by atoms with E-state index in [2.05, 4.69) is 12.6 Å². The van der Waals surface area contributed by atoms with Gasteiger partial charge in [0.25, 0.3) is 0 Å². The number of nitrogen functional groups attached to an aromatic ring is 1. The summed E-state index contributed by atoms with van der Waals surface area (Å²) in [5, 5.41) is 0. The maximum absolute atomic E-state index is 12.5. The average molecular weight is 203 g/mol. The van der Waals surface area contributed by atoms with E-state index in [4.69, 9.17) is 5.73 Å². The van der Waals surface area contributed by atoms with Gasteiger partial charge in [-0.05, 0) is 30.9 Å². The molecule has 2 N–H and O–H groups in total. The van der Waals surface area contributed by atoms with Crippen LogP contribution in [0.15, 0.2) is 18.2 Å². The van der Waals surface area contributed by atoms with Crippen molar-refractivity contribution >= 4 is 18.3 Å². The smallest absolute Gasteiger partial charge is 0.146 e. The van der Waals surface area contributed by atoms with Crippen molar-refractivity contribution in [3.63, 3.8) is 0 Å². The SMILES string of the molecule is CC.CS.Cc1ccc(N)c(F)c1. The van der Waals surface area contributed by atoms with Crippen LogP contribution in [0.3, 0.4) is 0 Å². The molecule has 0 atom stereocenters. The molecule has 0 saturated carbocycles. The van der Waals surface area contributed by atoms with Gasteiger partial charge < -0.3 is 5.73 Å². The van der Waals surface area contributed by atoms with E-state index in [1.165, 1.54) is 6.07 Å². The maximum atomic E-state index is 12.5. The third-order valence-electron chi connectivity index (χ3n) is 1.16. The van der Waals surface area contributed by atoms with Crippen LogP contribution in [-0.2, 0) is 0 Å². The second-order valence-corrected chi connectivity index (χ2v) is 2.02. The molecule has 0 radical (unpaired) electrons. The number of hydrogen-bond donors (Lipinski definition) is 2. The predicted molar refractivity (Wildman–Crippen MR) is 61.8 cm³/mol. The molecular formula is C10H18FNS. The highest BCUT2D eigenvalue weighted by Gasteiger charge is 1.94. The highest BCUT2D eigenvalue weighted by molar-refractivity contribution is 7.79. The van der Waals surface area contributed by atoms with Crippen molar-refractivity contribution in [2.45, 2.75) is 20.8 Å². The maximum Gasteiger partial charge on any atom is 0.146 e. The number of nitrogens with two attached hydrogens (primary N) is 1. The van der Waals surface area contributed by atoms with Crippen LogP contribution in [0.25, 0.3) is 0 Å². The van der Waals surface area contributed by atoms with E-state index >= 15 is 0 Å². The van der Waals surface area contributed by atoms with Gasteiger partial charge in [0.05, 0.1) is 5.69 Å². The quantitative estimate of drug-likeness (QED) is 0.491. The number of rotatable bonds is 0. The summed E-state index contributed by atoms with van der Waals surface area (Å²) < 4.78 is 12.5. The van der Waals surface area contributed by atoms with Crippen molar-refractivity contribution in [3.05, 3.63) is 29.6 Å². The molecule has 1 aromatic rings.